The third-order valence-corrected chi connectivity index (χ3v) is 3.44. The summed E-state index contributed by atoms with van der Waals surface area (Å²) < 4.78 is 0. The highest BCUT2D eigenvalue weighted by Crippen LogP contribution is 2.34. The van der Waals surface area contributed by atoms with E-state index in [-0.39, 0.29) is 12.3 Å². The Morgan fingerprint density at radius 3 is 2.84 bits per heavy atom. The molecule has 19 heavy (non-hydrogen) atoms. The van der Waals surface area contributed by atoms with Gasteiger partial charge in [0.2, 0.25) is 5.91 Å². The number of hydrogen-bond acceptors (Lipinski definition) is 3. The summed E-state index contributed by atoms with van der Waals surface area (Å²) >= 11 is 6.00. The zero-order valence-electron chi connectivity index (χ0n) is 10.6. The lowest BCUT2D eigenvalue weighted by molar-refractivity contribution is -0.136. The molecule has 0 saturated heterocycles. The van der Waals surface area contributed by atoms with Gasteiger partial charge in [-0.05, 0) is 18.2 Å². The highest BCUT2D eigenvalue weighted by atomic mass is 35.5. The number of aliphatic carboxylic acids is 1. The van der Waals surface area contributed by atoms with Crippen molar-refractivity contribution in [2.45, 2.75) is 12.8 Å². The molecule has 0 saturated carbocycles. The molecule has 0 radical (unpaired) electrons. The van der Waals surface area contributed by atoms with Gasteiger partial charge in [-0.25, -0.2) is 0 Å². The number of anilines is 2. The summed E-state index contributed by atoms with van der Waals surface area (Å²) in [6.45, 7) is 0.869. The fraction of sp³-hybridized carbons (Fsp3) is 0.385. The first kappa shape index (κ1) is 13.7. The van der Waals surface area contributed by atoms with Gasteiger partial charge < -0.3 is 14.9 Å². The number of carbonyl (C=O) groups is 2. The zero-order valence-corrected chi connectivity index (χ0v) is 11.4. The lowest BCUT2D eigenvalue weighted by Crippen LogP contribution is -2.27. The summed E-state index contributed by atoms with van der Waals surface area (Å²) in [6, 6.07) is 5.29. The molecule has 0 fully saturated rings. The van der Waals surface area contributed by atoms with Crippen LogP contribution in [0.2, 0.25) is 5.02 Å². The number of hydrogen-bond donors (Lipinski definition) is 1. The number of carbonyl (C=O) groups excluding carboxylic acids is 1. The van der Waals surface area contributed by atoms with Crippen LogP contribution in [0.15, 0.2) is 18.2 Å². The molecule has 0 spiro atoms. The number of benzene rings is 1. The highest BCUT2D eigenvalue weighted by Gasteiger charge is 2.24. The van der Waals surface area contributed by atoms with Gasteiger partial charge in [0, 0.05) is 31.6 Å². The molecule has 102 valence electrons. The first-order valence-corrected chi connectivity index (χ1v) is 6.39. The predicted octanol–water partition coefficient (Wildman–Crippen LogP) is 1.99. The minimum absolute atomic E-state index is 0.0152. The van der Waals surface area contributed by atoms with E-state index in [1.54, 1.807) is 30.1 Å². The van der Waals surface area contributed by atoms with Gasteiger partial charge >= 0.3 is 5.97 Å². The van der Waals surface area contributed by atoms with Crippen molar-refractivity contribution in [2.24, 2.45) is 0 Å². The third-order valence-electron chi connectivity index (χ3n) is 3.20. The van der Waals surface area contributed by atoms with Crippen LogP contribution in [0.4, 0.5) is 11.4 Å². The molecule has 1 amide bonds. The van der Waals surface area contributed by atoms with Crippen molar-refractivity contribution in [3.8, 4) is 0 Å². The highest BCUT2D eigenvalue weighted by molar-refractivity contribution is 6.31. The summed E-state index contributed by atoms with van der Waals surface area (Å²) in [5, 5.41) is 9.36. The van der Waals surface area contributed by atoms with Gasteiger partial charge in [0.25, 0.3) is 0 Å². The molecule has 6 heteroatoms. The quantitative estimate of drug-likeness (QED) is 0.921. The molecule has 1 aliphatic heterocycles. The van der Waals surface area contributed by atoms with Crippen LogP contribution in [-0.2, 0) is 9.59 Å². The average Bonchev–Trinajstić information content (AvgIpc) is 2.47. The molecule has 1 aliphatic rings. The number of carboxylic acids is 1. The molecule has 1 aromatic rings. The maximum Gasteiger partial charge on any atom is 0.305 e. The maximum absolute atomic E-state index is 11.9. The Balaban J connectivity index is 2.36. The van der Waals surface area contributed by atoms with E-state index in [1.807, 2.05) is 4.90 Å². The topological polar surface area (TPSA) is 60.9 Å². The van der Waals surface area contributed by atoms with E-state index in [0.717, 1.165) is 11.4 Å². The van der Waals surface area contributed by atoms with Gasteiger partial charge in [-0.3, -0.25) is 9.59 Å². The summed E-state index contributed by atoms with van der Waals surface area (Å²) in [5.74, 6) is -0.839. The first-order valence-electron chi connectivity index (χ1n) is 6.02. The second kappa shape index (κ2) is 5.48. The van der Waals surface area contributed by atoms with E-state index in [9.17, 15) is 9.59 Å². The number of fused-ring (bicyclic) bond motifs is 1. The summed E-state index contributed by atoms with van der Waals surface area (Å²) in [4.78, 5) is 26.1. The molecule has 1 heterocycles. The monoisotopic (exact) mass is 282 g/mol. The van der Waals surface area contributed by atoms with Crippen molar-refractivity contribution in [3.63, 3.8) is 0 Å². The standard InChI is InChI=1S/C13H15ClN2O3/c1-15-10-3-2-9(14)8-11(10)16(6-4-12(15)17)7-5-13(18)19/h2-3,8H,4-7H2,1H3,(H,18,19). The van der Waals surface area contributed by atoms with Gasteiger partial charge in [0.1, 0.15) is 0 Å². The van der Waals surface area contributed by atoms with E-state index in [0.29, 0.717) is 24.5 Å². The molecular weight excluding hydrogens is 268 g/mol. The molecule has 0 atom stereocenters. The van der Waals surface area contributed by atoms with Crippen LogP contribution in [0.3, 0.4) is 0 Å². The van der Waals surface area contributed by atoms with E-state index < -0.39 is 5.97 Å². The molecular formula is C13H15ClN2O3. The molecule has 0 bridgehead atoms. The van der Waals surface area contributed by atoms with Crippen molar-refractivity contribution in [1.82, 2.24) is 0 Å². The Morgan fingerprint density at radius 1 is 1.42 bits per heavy atom. The molecule has 1 aromatic carbocycles. The lowest BCUT2D eigenvalue weighted by atomic mass is 10.2. The van der Waals surface area contributed by atoms with Gasteiger partial charge in [0.15, 0.2) is 0 Å². The van der Waals surface area contributed by atoms with Crippen LogP contribution < -0.4 is 9.80 Å². The predicted molar refractivity (Wildman–Crippen MR) is 73.9 cm³/mol. The third kappa shape index (κ3) is 2.98. The second-order valence-electron chi connectivity index (χ2n) is 4.47. The number of nitrogens with zero attached hydrogens (tertiary/aromatic N) is 2. The zero-order chi connectivity index (χ0) is 14.0. The Labute approximate surface area is 116 Å². The maximum atomic E-state index is 11.9. The van der Waals surface area contributed by atoms with Crippen LogP contribution in [-0.4, -0.2) is 37.1 Å². The fourth-order valence-corrected chi connectivity index (χ4v) is 2.32. The van der Waals surface area contributed by atoms with Crippen LogP contribution in [0.5, 0.6) is 0 Å². The Bertz CT molecular complexity index is 519. The van der Waals surface area contributed by atoms with Crippen LogP contribution in [0.25, 0.3) is 0 Å². The van der Waals surface area contributed by atoms with Gasteiger partial charge in [0.05, 0.1) is 17.8 Å². The van der Waals surface area contributed by atoms with Crippen LogP contribution >= 0.6 is 11.6 Å². The number of carboxylic acid groups (broad SMARTS) is 1. The van der Waals surface area contributed by atoms with Crippen molar-refractivity contribution in [3.05, 3.63) is 23.2 Å². The van der Waals surface area contributed by atoms with Crippen molar-refractivity contribution in [2.75, 3.05) is 29.9 Å². The smallest absolute Gasteiger partial charge is 0.305 e. The van der Waals surface area contributed by atoms with E-state index in [4.69, 9.17) is 16.7 Å². The minimum Gasteiger partial charge on any atom is -0.481 e. The molecule has 0 unspecified atom stereocenters. The SMILES string of the molecule is CN1C(=O)CCN(CCC(=O)O)c2cc(Cl)ccc21. The molecule has 5 nitrogen and oxygen atoms in total. The molecule has 2 rings (SSSR count). The molecule has 0 aliphatic carbocycles. The first-order chi connectivity index (χ1) is 8.99. The number of halogens is 1. The number of amides is 1. The van der Waals surface area contributed by atoms with Crippen LogP contribution in [0, 0.1) is 0 Å². The summed E-state index contributed by atoms with van der Waals surface area (Å²) in [7, 11) is 1.72. The van der Waals surface area contributed by atoms with Gasteiger partial charge in [-0.15, -0.1) is 0 Å². The van der Waals surface area contributed by atoms with Gasteiger partial charge in [-0.2, -0.15) is 0 Å². The summed E-state index contributed by atoms with van der Waals surface area (Å²) in [6.07, 6.45) is 0.395. The largest absolute Gasteiger partial charge is 0.481 e. The normalized spacial score (nSPS) is 15.2. The second-order valence-corrected chi connectivity index (χ2v) is 4.90. The Hall–Kier alpha value is -1.75. The average molecular weight is 283 g/mol. The summed E-state index contributed by atoms with van der Waals surface area (Å²) in [5.41, 5.74) is 1.57. The molecule has 1 N–H and O–H groups in total. The Kier molecular flexibility index (Phi) is 3.95. The van der Waals surface area contributed by atoms with E-state index >= 15 is 0 Å². The fourth-order valence-electron chi connectivity index (χ4n) is 2.15. The van der Waals surface area contributed by atoms with Crippen molar-refractivity contribution >= 4 is 34.9 Å². The van der Waals surface area contributed by atoms with Crippen molar-refractivity contribution in [1.29, 1.82) is 0 Å². The lowest BCUT2D eigenvalue weighted by Gasteiger charge is -2.25. The minimum atomic E-state index is -0.854. The van der Waals surface area contributed by atoms with Crippen molar-refractivity contribution < 1.29 is 14.7 Å². The molecule has 0 aromatic heterocycles. The number of rotatable bonds is 3. The van der Waals surface area contributed by atoms with E-state index in [2.05, 4.69) is 0 Å². The van der Waals surface area contributed by atoms with E-state index in [1.165, 1.54) is 0 Å². The Morgan fingerprint density at radius 2 is 2.16 bits per heavy atom. The van der Waals surface area contributed by atoms with Gasteiger partial charge in [-0.1, -0.05) is 11.6 Å². The van der Waals surface area contributed by atoms with Crippen LogP contribution in [0.1, 0.15) is 12.8 Å².